The molecular formula is C24H24N4O4. The molecule has 2 heterocycles. The predicted octanol–water partition coefficient (Wildman–Crippen LogP) is 2.08. The summed E-state index contributed by atoms with van der Waals surface area (Å²) >= 11 is 0. The fraction of sp³-hybridized carbons (Fsp3) is 0.250. The van der Waals surface area contributed by atoms with Gasteiger partial charge in [0, 0.05) is 14.1 Å². The molecule has 8 heteroatoms. The van der Waals surface area contributed by atoms with E-state index in [1.165, 1.54) is 23.5 Å². The normalized spacial score (nSPS) is 11.1. The molecule has 0 saturated carbocycles. The predicted molar refractivity (Wildman–Crippen MR) is 121 cm³/mol. The molecule has 0 fully saturated rings. The Kier molecular flexibility index (Phi) is 6.02. The van der Waals surface area contributed by atoms with Gasteiger partial charge in [0.25, 0.3) is 5.56 Å². The lowest BCUT2D eigenvalue weighted by Gasteiger charge is -2.11. The van der Waals surface area contributed by atoms with Crippen molar-refractivity contribution in [3.05, 3.63) is 98.5 Å². The van der Waals surface area contributed by atoms with E-state index in [0.29, 0.717) is 16.7 Å². The van der Waals surface area contributed by atoms with Crippen molar-refractivity contribution in [1.82, 2.24) is 18.7 Å². The zero-order valence-electron chi connectivity index (χ0n) is 18.0. The van der Waals surface area contributed by atoms with Crippen LogP contribution in [0.15, 0.2) is 70.5 Å². The highest BCUT2D eigenvalue weighted by Gasteiger charge is 2.16. The molecule has 0 unspecified atom stereocenters. The summed E-state index contributed by atoms with van der Waals surface area (Å²) in [6, 6.07) is 17.5. The average Bonchev–Trinajstić information content (AvgIpc) is 3.25. The average molecular weight is 432 g/mol. The molecule has 0 radical (unpaired) electrons. The summed E-state index contributed by atoms with van der Waals surface area (Å²) in [5, 5.41) is 0. The van der Waals surface area contributed by atoms with Crippen LogP contribution in [0.1, 0.15) is 21.5 Å². The molecule has 0 aliphatic carbocycles. The van der Waals surface area contributed by atoms with Crippen LogP contribution in [0.2, 0.25) is 0 Å². The third-order valence-corrected chi connectivity index (χ3v) is 5.55. The van der Waals surface area contributed by atoms with Crippen molar-refractivity contribution < 1.29 is 9.53 Å². The molecule has 0 saturated heterocycles. The molecule has 0 amide bonds. The lowest BCUT2D eigenvalue weighted by Crippen LogP contribution is -2.37. The van der Waals surface area contributed by atoms with Crippen LogP contribution >= 0.6 is 0 Å². The number of ether oxygens (including phenoxy) is 1. The molecule has 2 aromatic heterocycles. The molecule has 4 aromatic rings. The molecule has 32 heavy (non-hydrogen) atoms. The van der Waals surface area contributed by atoms with Crippen molar-refractivity contribution in [3.63, 3.8) is 0 Å². The SMILES string of the molecule is Cn1c(=O)c2c(ncn2CCOC(=O)c2ccccc2CCc2ccccc2)n(C)c1=O. The summed E-state index contributed by atoms with van der Waals surface area (Å²) in [4.78, 5) is 41.5. The van der Waals surface area contributed by atoms with Crippen molar-refractivity contribution in [2.24, 2.45) is 14.1 Å². The van der Waals surface area contributed by atoms with Crippen molar-refractivity contribution in [3.8, 4) is 0 Å². The Labute approximate surface area is 184 Å². The number of carbonyl (C=O) groups excluding carboxylic acids is 1. The minimum Gasteiger partial charge on any atom is -0.460 e. The van der Waals surface area contributed by atoms with Crippen LogP contribution < -0.4 is 11.2 Å². The highest BCUT2D eigenvalue weighted by Crippen LogP contribution is 2.14. The Hall–Kier alpha value is -3.94. The maximum absolute atomic E-state index is 12.7. The number of hydrogen-bond donors (Lipinski definition) is 0. The number of imidazole rings is 1. The largest absolute Gasteiger partial charge is 0.460 e. The van der Waals surface area contributed by atoms with E-state index >= 15 is 0 Å². The number of rotatable bonds is 7. The first kappa shape index (κ1) is 21.3. The second-order valence-corrected chi connectivity index (χ2v) is 7.59. The number of aromatic nitrogens is 4. The molecule has 4 rings (SSSR count). The Morgan fingerprint density at radius 1 is 0.938 bits per heavy atom. The standard InChI is InChI=1S/C24H24N4O4/c1-26-21-20(22(29)27(2)24(26)31)28(16-25-21)14-15-32-23(30)19-11-7-6-10-18(19)13-12-17-8-4-3-5-9-17/h3-11,16H,12-15H2,1-2H3. The number of hydrogen-bond acceptors (Lipinski definition) is 5. The Balaban J connectivity index is 1.45. The number of fused-ring (bicyclic) bond motifs is 1. The van der Waals surface area contributed by atoms with Gasteiger partial charge in [-0.15, -0.1) is 0 Å². The van der Waals surface area contributed by atoms with Crippen LogP contribution in [-0.2, 0) is 38.2 Å². The maximum atomic E-state index is 12.7. The number of aryl methyl sites for hydroxylation is 3. The van der Waals surface area contributed by atoms with E-state index in [9.17, 15) is 14.4 Å². The van der Waals surface area contributed by atoms with Crippen LogP contribution in [0.3, 0.4) is 0 Å². The summed E-state index contributed by atoms with van der Waals surface area (Å²) in [5.74, 6) is -0.404. The molecule has 8 nitrogen and oxygen atoms in total. The molecular weight excluding hydrogens is 408 g/mol. The molecule has 0 spiro atoms. The van der Waals surface area contributed by atoms with Gasteiger partial charge in [0.1, 0.15) is 6.61 Å². The smallest absolute Gasteiger partial charge is 0.338 e. The molecule has 0 N–H and O–H groups in total. The monoisotopic (exact) mass is 432 g/mol. The van der Waals surface area contributed by atoms with Gasteiger partial charge in [-0.2, -0.15) is 0 Å². The third kappa shape index (κ3) is 4.12. The first-order valence-corrected chi connectivity index (χ1v) is 10.4. The summed E-state index contributed by atoms with van der Waals surface area (Å²) in [6.07, 6.45) is 3.03. The van der Waals surface area contributed by atoms with Crippen LogP contribution in [0, 0.1) is 0 Å². The van der Waals surface area contributed by atoms with E-state index in [-0.39, 0.29) is 13.2 Å². The molecule has 0 atom stereocenters. The summed E-state index contributed by atoms with van der Waals surface area (Å²) in [7, 11) is 2.99. The van der Waals surface area contributed by atoms with Gasteiger partial charge in [0.05, 0.1) is 18.4 Å². The Morgan fingerprint density at radius 2 is 1.66 bits per heavy atom. The molecule has 0 bridgehead atoms. The second kappa shape index (κ2) is 9.05. The van der Waals surface area contributed by atoms with Crippen molar-refractivity contribution >= 4 is 17.1 Å². The number of carbonyl (C=O) groups is 1. The van der Waals surface area contributed by atoms with E-state index in [1.54, 1.807) is 17.7 Å². The molecule has 0 aliphatic rings. The van der Waals surface area contributed by atoms with E-state index in [1.807, 2.05) is 36.4 Å². The topological polar surface area (TPSA) is 88.1 Å². The van der Waals surface area contributed by atoms with Gasteiger partial charge in [-0.05, 0) is 30.0 Å². The first-order chi connectivity index (χ1) is 15.5. The van der Waals surface area contributed by atoms with Crippen molar-refractivity contribution in [2.75, 3.05) is 6.61 Å². The van der Waals surface area contributed by atoms with E-state index in [2.05, 4.69) is 17.1 Å². The number of nitrogens with zero attached hydrogens (tertiary/aromatic N) is 4. The molecule has 164 valence electrons. The van der Waals surface area contributed by atoms with E-state index in [0.717, 1.165) is 23.0 Å². The van der Waals surface area contributed by atoms with Gasteiger partial charge in [-0.3, -0.25) is 13.9 Å². The first-order valence-electron chi connectivity index (χ1n) is 10.4. The van der Waals surface area contributed by atoms with Crippen LogP contribution in [0.25, 0.3) is 11.2 Å². The van der Waals surface area contributed by atoms with Crippen LogP contribution in [-0.4, -0.2) is 31.3 Å². The van der Waals surface area contributed by atoms with Crippen LogP contribution in [0.5, 0.6) is 0 Å². The van der Waals surface area contributed by atoms with Crippen molar-refractivity contribution in [1.29, 1.82) is 0 Å². The summed E-state index contributed by atoms with van der Waals surface area (Å²) in [6.45, 7) is 0.325. The maximum Gasteiger partial charge on any atom is 0.338 e. The fourth-order valence-corrected chi connectivity index (χ4v) is 3.74. The fourth-order valence-electron chi connectivity index (χ4n) is 3.74. The van der Waals surface area contributed by atoms with Gasteiger partial charge in [0.15, 0.2) is 11.2 Å². The highest BCUT2D eigenvalue weighted by atomic mass is 16.5. The quantitative estimate of drug-likeness (QED) is 0.417. The van der Waals surface area contributed by atoms with Gasteiger partial charge in [-0.1, -0.05) is 48.5 Å². The zero-order chi connectivity index (χ0) is 22.7. The van der Waals surface area contributed by atoms with Gasteiger partial charge in [-0.25, -0.2) is 14.6 Å². The van der Waals surface area contributed by atoms with Gasteiger partial charge < -0.3 is 9.30 Å². The van der Waals surface area contributed by atoms with Gasteiger partial charge in [0.2, 0.25) is 0 Å². The van der Waals surface area contributed by atoms with Gasteiger partial charge >= 0.3 is 11.7 Å². The summed E-state index contributed by atoms with van der Waals surface area (Å²) < 4.78 is 9.46. The Morgan fingerprint density at radius 3 is 2.44 bits per heavy atom. The minimum absolute atomic E-state index is 0.0727. The lowest BCUT2D eigenvalue weighted by atomic mass is 10.00. The second-order valence-electron chi connectivity index (χ2n) is 7.59. The Bertz CT molecular complexity index is 1380. The molecule has 0 aliphatic heterocycles. The van der Waals surface area contributed by atoms with E-state index in [4.69, 9.17) is 4.74 Å². The van der Waals surface area contributed by atoms with Crippen molar-refractivity contribution in [2.45, 2.75) is 19.4 Å². The lowest BCUT2D eigenvalue weighted by molar-refractivity contribution is 0.0491. The number of benzene rings is 2. The minimum atomic E-state index is -0.439. The molecule has 2 aromatic carbocycles. The summed E-state index contributed by atoms with van der Waals surface area (Å²) in [5.41, 5.74) is 2.41. The highest BCUT2D eigenvalue weighted by molar-refractivity contribution is 5.91. The third-order valence-electron chi connectivity index (χ3n) is 5.55. The number of esters is 1. The van der Waals surface area contributed by atoms with E-state index < -0.39 is 17.2 Å². The zero-order valence-corrected chi connectivity index (χ0v) is 18.0. The van der Waals surface area contributed by atoms with Crippen LogP contribution in [0.4, 0.5) is 0 Å².